The van der Waals surface area contributed by atoms with E-state index in [9.17, 15) is 19.2 Å². The zero-order valence-electron chi connectivity index (χ0n) is 21.9. The second-order valence-corrected chi connectivity index (χ2v) is 8.92. The van der Waals surface area contributed by atoms with Crippen molar-refractivity contribution in [3.8, 4) is 0 Å². The van der Waals surface area contributed by atoms with Gasteiger partial charge in [0.25, 0.3) is 0 Å². The Bertz CT molecular complexity index is 1320. The fourth-order valence-electron chi connectivity index (χ4n) is 3.90. The number of carbonyl (C=O) groups excluding carboxylic acids is 4. The summed E-state index contributed by atoms with van der Waals surface area (Å²) in [6.45, 7) is 5.16. The fourth-order valence-corrected chi connectivity index (χ4v) is 3.90. The van der Waals surface area contributed by atoms with Crippen molar-refractivity contribution in [2.24, 2.45) is 0 Å². The van der Waals surface area contributed by atoms with Gasteiger partial charge in [0.2, 0.25) is 11.8 Å². The monoisotopic (exact) mass is 516 g/mol. The van der Waals surface area contributed by atoms with Gasteiger partial charge in [0.1, 0.15) is 0 Å². The number of ether oxygens (including phenoxy) is 1. The molecule has 3 aromatic rings. The molecule has 1 unspecified atom stereocenters. The number of hydrogen-bond acceptors (Lipinski definition) is 5. The van der Waals surface area contributed by atoms with E-state index in [1.807, 2.05) is 44.2 Å². The number of carbonyl (C=O) groups is 4. The van der Waals surface area contributed by atoms with Crippen LogP contribution in [0.15, 0.2) is 66.7 Å². The molecule has 0 fully saturated rings. The Hall–Kier alpha value is -4.66. The van der Waals surface area contributed by atoms with Gasteiger partial charge in [-0.15, -0.1) is 0 Å². The Labute approximate surface area is 222 Å². The van der Waals surface area contributed by atoms with Gasteiger partial charge in [-0.05, 0) is 60.4 Å². The average Bonchev–Trinajstić information content (AvgIpc) is 2.86. The van der Waals surface area contributed by atoms with Gasteiger partial charge in [-0.3, -0.25) is 14.4 Å². The molecule has 0 aliphatic heterocycles. The summed E-state index contributed by atoms with van der Waals surface area (Å²) < 4.78 is 4.71. The number of benzene rings is 3. The lowest BCUT2D eigenvalue weighted by Crippen LogP contribution is -2.28. The van der Waals surface area contributed by atoms with Crippen molar-refractivity contribution in [2.75, 3.05) is 23.1 Å². The van der Waals surface area contributed by atoms with E-state index < -0.39 is 12.0 Å². The summed E-state index contributed by atoms with van der Waals surface area (Å²) in [5.74, 6) is -0.910. The highest BCUT2D eigenvalue weighted by atomic mass is 16.5. The van der Waals surface area contributed by atoms with Gasteiger partial charge >= 0.3 is 12.0 Å². The van der Waals surface area contributed by atoms with Crippen LogP contribution in [0.3, 0.4) is 0 Å². The van der Waals surface area contributed by atoms with Crippen LogP contribution >= 0.6 is 0 Å². The van der Waals surface area contributed by atoms with Crippen LogP contribution in [0.1, 0.15) is 41.6 Å². The van der Waals surface area contributed by atoms with Crippen LogP contribution in [-0.4, -0.2) is 30.9 Å². The topological polar surface area (TPSA) is 126 Å². The van der Waals surface area contributed by atoms with Crippen LogP contribution in [0.25, 0.3) is 0 Å². The molecule has 1 atom stereocenters. The van der Waals surface area contributed by atoms with E-state index >= 15 is 0 Å². The lowest BCUT2D eigenvalue weighted by molar-refractivity contribution is -0.141. The van der Waals surface area contributed by atoms with Gasteiger partial charge in [-0.25, -0.2) is 4.79 Å². The van der Waals surface area contributed by atoms with Crippen molar-refractivity contribution in [2.45, 2.75) is 39.7 Å². The number of aryl methyl sites for hydroxylation is 2. The molecule has 4 amide bonds. The standard InChI is InChI=1S/C29H32N4O5/c1-18-7-5-6-8-24(18)32-29(37)33-25-14-9-21(15-19(25)2)16-27(35)31-23-12-10-22(11-13-23)26(30-20(3)34)17-28(36)38-4/h5-15,26H,16-17H2,1-4H3,(H,30,34)(H,31,35)(H2,32,33,37). The molecule has 4 N–H and O–H groups in total. The van der Waals surface area contributed by atoms with E-state index in [0.29, 0.717) is 16.9 Å². The van der Waals surface area contributed by atoms with Crippen molar-refractivity contribution in [3.05, 3.63) is 89.0 Å². The maximum absolute atomic E-state index is 12.6. The van der Waals surface area contributed by atoms with Crippen LogP contribution in [0.5, 0.6) is 0 Å². The van der Waals surface area contributed by atoms with Crippen molar-refractivity contribution in [1.29, 1.82) is 0 Å². The van der Waals surface area contributed by atoms with Gasteiger partial charge < -0.3 is 26.0 Å². The van der Waals surface area contributed by atoms with E-state index in [4.69, 9.17) is 4.74 Å². The minimum Gasteiger partial charge on any atom is -0.469 e. The minimum absolute atomic E-state index is 0.000451. The van der Waals surface area contributed by atoms with Crippen LogP contribution in [0.2, 0.25) is 0 Å². The lowest BCUT2D eigenvalue weighted by Gasteiger charge is -2.17. The predicted molar refractivity (Wildman–Crippen MR) is 147 cm³/mol. The minimum atomic E-state index is -0.529. The van der Waals surface area contributed by atoms with Gasteiger partial charge in [0, 0.05) is 24.0 Å². The molecule has 0 aromatic heterocycles. The normalized spacial score (nSPS) is 11.2. The number of hydrogen-bond donors (Lipinski definition) is 4. The number of anilines is 3. The molecule has 0 saturated carbocycles. The van der Waals surface area contributed by atoms with Gasteiger partial charge in [-0.2, -0.15) is 0 Å². The Kier molecular flexibility index (Phi) is 9.59. The molecule has 38 heavy (non-hydrogen) atoms. The highest BCUT2D eigenvalue weighted by Gasteiger charge is 2.18. The summed E-state index contributed by atoms with van der Waals surface area (Å²) in [4.78, 5) is 48.3. The van der Waals surface area contributed by atoms with Crippen molar-refractivity contribution < 1.29 is 23.9 Å². The molecule has 9 nitrogen and oxygen atoms in total. The Balaban J connectivity index is 1.57. The van der Waals surface area contributed by atoms with Gasteiger partial charge in [0.15, 0.2) is 0 Å². The molecule has 3 rings (SSSR count). The molecule has 0 bridgehead atoms. The van der Waals surface area contributed by atoms with E-state index in [0.717, 1.165) is 22.4 Å². The second kappa shape index (κ2) is 13.0. The summed E-state index contributed by atoms with van der Waals surface area (Å²) >= 11 is 0. The van der Waals surface area contributed by atoms with Crippen LogP contribution < -0.4 is 21.3 Å². The quantitative estimate of drug-likeness (QED) is 0.302. The first-order valence-electron chi connectivity index (χ1n) is 12.1. The second-order valence-electron chi connectivity index (χ2n) is 8.92. The number of methoxy groups -OCH3 is 1. The zero-order valence-corrected chi connectivity index (χ0v) is 21.9. The molecule has 0 radical (unpaired) electrons. The van der Waals surface area contributed by atoms with Crippen LogP contribution in [-0.2, 0) is 25.5 Å². The number of urea groups is 1. The van der Waals surface area contributed by atoms with E-state index in [2.05, 4.69) is 21.3 Å². The predicted octanol–water partition coefficient (Wildman–Crippen LogP) is 4.87. The summed E-state index contributed by atoms with van der Waals surface area (Å²) in [7, 11) is 1.29. The highest BCUT2D eigenvalue weighted by molar-refractivity contribution is 6.00. The van der Waals surface area contributed by atoms with Gasteiger partial charge in [-0.1, -0.05) is 42.5 Å². The van der Waals surface area contributed by atoms with E-state index in [-0.39, 0.29) is 30.7 Å². The highest BCUT2D eigenvalue weighted by Crippen LogP contribution is 2.21. The molecule has 9 heteroatoms. The fraction of sp³-hybridized carbons (Fsp3) is 0.241. The van der Waals surface area contributed by atoms with Crippen molar-refractivity contribution >= 4 is 40.9 Å². The molecule has 198 valence electrons. The van der Waals surface area contributed by atoms with Crippen molar-refractivity contribution in [1.82, 2.24) is 5.32 Å². The third-order valence-electron chi connectivity index (χ3n) is 5.87. The Morgan fingerprint density at radius 2 is 1.47 bits per heavy atom. The Morgan fingerprint density at radius 3 is 2.08 bits per heavy atom. The number of esters is 1. The number of para-hydroxylation sites is 1. The summed E-state index contributed by atoms with van der Waals surface area (Å²) in [5.41, 5.74) is 5.27. The smallest absolute Gasteiger partial charge is 0.323 e. The van der Waals surface area contributed by atoms with E-state index in [1.54, 1.807) is 36.4 Å². The molecule has 0 aliphatic carbocycles. The SMILES string of the molecule is COC(=O)CC(NC(C)=O)c1ccc(NC(=O)Cc2ccc(NC(=O)Nc3ccccc3C)c(C)c2)cc1. The molecule has 0 saturated heterocycles. The average molecular weight is 517 g/mol. The largest absolute Gasteiger partial charge is 0.469 e. The van der Waals surface area contributed by atoms with Crippen LogP contribution in [0.4, 0.5) is 21.9 Å². The molecular formula is C29H32N4O5. The molecular weight excluding hydrogens is 484 g/mol. The summed E-state index contributed by atoms with van der Waals surface area (Å²) in [6, 6.07) is 19.0. The van der Waals surface area contributed by atoms with Crippen molar-refractivity contribution in [3.63, 3.8) is 0 Å². The lowest BCUT2D eigenvalue weighted by atomic mass is 10.0. The Morgan fingerprint density at radius 1 is 0.816 bits per heavy atom. The number of amides is 4. The molecule has 0 aliphatic rings. The molecule has 0 spiro atoms. The third-order valence-corrected chi connectivity index (χ3v) is 5.87. The number of nitrogens with one attached hydrogen (secondary N) is 4. The number of rotatable bonds is 9. The molecule has 0 heterocycles. The third kappa shape index (κ3) is 8.19. The zero-order chi connectivity index (χ0) is 27.7. The summed E-state index contributed by atoms with van der Waals surface area (Å²) in [6.07, 6.45) is 0.148. The van der Waals surface area contributed by atoms with E-state index in [1.165, 1.54) is 14.0 Å². The summed E-state index contributed by atoms with van der Waals surface area (Å²) in [5, 5.41) is 11.3. The van der Waals surface area contributed by atoms with Gasteiger partial charge in [0.05, 0.1) is 26.0 Å². The van der Waals surface area contributed by atoms with Crippen LogP contribution in [0, 0.1) is 13.8 Å². The first-order chi connectivity index (χ1) is 18.1. The first kappa shape index (κ1) is 27.9. The maximum atomic E-state index is 12.6. The maximum Gasteiger partial charge on any atom is 0.323 e. The molecule has 3 aromatic carbocycles. The first-order valence-corrected chi connectivity index (χ1v) is 12.1.